The molecule has 0 atom stereocenters. The van der Waals surface area contributed by atoms with Crippen LogP contribution in [0.25, 0.3) is 109 Å². The summed E-state index contributed by atoms with van der Waals surface area (Å²) < 4.78 is 48.5. The minimum absolute atomic E-state index is 0.220. The van der Waals surface area contributed by atoms with Gasteiger partial charge < -0.3 is 5.32 Å². The molecule has 0 amide bonds. The average Bonchev–Trinajstić information content (AvgIpc) is 1.11. The Morgan fingerprint density at radius 3 is 1.28 bits per heavy atom. The first-order valence-corrected chi connectivity index (χ1v) is 52.7. The number of anilines is 1. The first kappa shape index (κ1) is 104. The number of hydrogen-bond acceptors (Lipinski definition) is 33. The number of aromatic nitrogens is 31. The summed E-state index contributed by atoms with van der Waals surface area (Å²) in [5.74, 6) is 0.0308. The van der Waals surface area contributed by atoms with E-state index in [-0.39, 0.29) is 17.5 Å². The van der Waals surface area contributed by atoms with Crippen molar-refractivity contribution in [3.8, 4) is 11.1 Å². The Balaban J connectivity index is 0.000000112. The predicted octanol–water partition coefficient (Wildman–Crippen LogP) is 24.8. The Hall–Kier alpha value is -14.9. The summed E-state index contributed by atoms with van der Waals surface area (Å²) in [5.41, 5.74) is 11.9. The van der Waals surface area contributed by atoms with Gasteiger partial charge in [0.2, 0.25) is 25.8 Å². The Kier molecular flexibility index (Phi) is 35.1. The zero-order valence-corrected chi connectivity index (χ0v) is 88.5. The van der Waals surface area contributed by atoms with E-state index < -0.39 is 0 Å². The highest BCUT2D eigenvalue weighted by Crippen LogP contribution is 2.41. The molecule has 0 spiro atoms. The van der Waals surface area contributed by atoms with Crippen molar-refractivity contribution in [3.63, 3.8) is 0 Å². The van der Waals surface area contributed by atoms with Gasteiger partial charge in [0.25, 0.3) is 0 Å². The highest BCUT2D eigenvalue weighted by molar-refractivity contribution is 9.10. The van der Waals surface area contributed by atoms with Crippen molar-refractivity contribution in [2.24, 2.45) is 35.2 Å². The maximum Gasteiger partial charge on any atom is 0.215 e. The first-order valence-electron chi connectivity index (χ1n) is 45.8. The lowest BCUT2D eigenvalue weighted by Crippen LogP contribution is -2.08. The maximum absolute atomic E-state index is 13.3. The zero-order valence-electron chi connectivity index (χ0n) is 79.8. The Labute approximate surface area is 897 Å². The molecule has 0 unspecified atom stereocenters. The predicted molar refractivity (Wildman–Crippen MR) is 584 cm³/mol. The van der Waals surface area contributed by atoms with Crippen LogP contribution in [0.2, 0.25) is 15.1 Å². The second kappa shape index (κ2) is 50.2. The molecule has 0 bridgehead atoms. The van der Waals surface area contributed by atoms with Crippen LogP contribution in [0.5, 0.6) is 0 Å². The van der Waals surface area contributed by atoms with E-state index in [4.69, 9.17) is 34.8 Å². The number of hydrogen-bond donors (Lipinski definition) is 1. The Bertz CT molecular complexity index is 8500. The molecule has 0 aliphatic heterocycles. The summed E-state index contributed by atoms with van der Waals surface area (Å²) in [6.45, 7) is 2.92. The molecule has 1 N–H and O–H groups in total. The summed E-state index contributed by atoms with van der Waals surface area (Å²) >= 11 is 30.5. The van der Waals surface area contributed by atoms with Gasteiger partial charge in [0.15, 0.2) is 0 Å². The van der Waals surface area contributed by atoms with Crippen LogP contribution in [0.1, 0.15) is 43.2 Å². The first-order chi connectivity index (χ1) is 72.7. The molecule has 149 heavy (non-hydrogen) atoms. The summed E-state index contributed by atoms with van der Waals surface area (Å²) in [4.78, 5) is 51.1. The number of aryl methyl sites for hydroxylation is 6. The molecular formula is C104H83BrCl3F3N32S6. The van der Waals surface area contributed by atoms with Crippen molar-refractivity contribution >= 4 is 225 Å². The van der Waals surface area contributed by atoms with Crippen molar-refractivity contribution in [3.05, 3.63) is 347 Å². The number of nitrogens with zero attached hydrogens (tertiary/aromatic N) is 31. The van der Waals surface area contributed by atoms with Gasteiger partial charge in [-0.1, -0.05) is 167 Å². The quantitative estimate of drug-likeness (QED) is 0.0827. The lowest BCUT2D eigenvalue weighted by atomic mass is 9.97. The summed E-state index contributed by atoms with van der Waals surface area (Å²) in [6.07, 6.45) is 20.7. The van der Waals surface area contributed by atoms with E-state index in [1.807, 2.05) is 117 Å². The molecule has 11 aromatic carbocycles. The molecule has 25 rings (SSSR count). The van der Waals surface area contributed by atoms with E-state index in [9.17, 15) is 13.2 Å². The molecule has 1 fully saturated rings. The minimum Gasteiger partial charge on any atom is -0.369 e. The molecule has 1 aliphatic carbocycles. The number of nitrogens with one attached hydrogen (secondary N) is 1. The van der Waals surface area contributed by atoms with E-state index in [1.54, 1.807) is 142 Å². The fourth-order valence-electron chi connectivity index (χ4n) is 15.3. The largest absolute Gasteiger partial charge is 0.369 e. The van der Waals surface area contributed by atoms with Crippen LogP contribution in [-0.2, 0) is 41.7 Å². The van der Waals surface area contributed by atoms with Crippen LogP contribution in [0.4, 0.5) is 19.0 Å². The molecule has 1 saturated carbocycles. The fraction of sp³-hybridized carbons (Fsp3) is 0.135. The van der Waals surface area contributed by atoms with E-state index in [0.717, 1.165) is 145 Å². The molecule has 744 valence electrons. The molecule has 24 aromatic rings. The molecule has 13 aromatic heterocycles. The van der Waals surface area contributed by atoms with E-state index >= 15 is 0 Å². The van der Waals surface area contributed by atoms with Crippen LogP contribution < -0.4 is 5.32 Å². The number of pyridine rings is 5. The molecule has 0 radical (unpaired) electrons. The second-order valence-electron chi connectivity index (χ2n) is 32.8. The topological polar surface area (TPSA) is 372 Å². The van der Waals surface area contributed by atoms with Crippen LogP contribution in [0, 0.1) is 24.4 Å². The highest BCUT2D eigenvalue weighted by Gasteiger charge is 2.21. The normalized spacial score (nSPS) is 11.7. The molecular weight excluding hydrogens is 2130 g/mol. The average molecular weight is 2220 g/mol. The van der Waals surface area contributed by atoms with Gasteiger partial charge in [0.1, 0.15) is 52.3 Å². The number of rotatable bonds is 17. The highest BCUT2D eigenvalue weighted by atomic mass is 79.9. The van der Waals surface area contributed by atoms with Gasteiger partial charge in [-0.05, 0) is 322 Å². The standard InChI is InChI=1S/C21H15N5S.C17H16ClN3.C14H15FN2S.C11H8ClN5S.C11H8FN5S.C11H9N5S.C10H7BrN6S.C9H5ClFN/c1-26-21(23-24-25-26)27-20-11-12-22-19-10-9-15(13-18(19)20)17-8-4-6-14-5-2-3-7-16(14)17;1-12-2-4-13(5-3-12)8-9-19-17-15-10-14(18)6-7-16(15)20-11-21-17;15-10-6-7-13-12(8-10)14(17-9-16-13)18-11-4-2-1-3-5-11;2*1-17-11(14-15-16-17)18-10-4-5-13-9-3-2-7(12)6-8(9)10;1-16-11(13-14-15-16)17-10-6-7-12-9-5-3-2-4-8(9)10;1-17-10(14-15-16-17)18-9-7-4-6(11)2-3-8(7)12-5-13-9;10-8-3-4-12-9-2-1-6(11)5-7(8)9/h2-13H,1H3;2-7,10-11H,8-9H2,1H3,(H,19,20,21);6-9,11H,1-5H2;2*2-6H,1H3;2-7H,1H3;2-5H,1H3;1-5H. The van der Waals surface area contributed by atoms with Crippen LogP contribution >= 0.6 is 121 Å². The van der Waals surface area contributed by atoms with Crippen LogP contribution in [-0.4, -0.2) is 168 Å². The molecule has 13 heterocycles. The van der Waals surface area contributed by atoms with E-state index in [0.29, 0.717) is 41.5 Å². The third-order valence-corrected chi connectivity index (χ3v) is 30.8. The number of fused-ring (bicyclic) bond motifs is 9. The minimum atomic E-state index is -0.294. The van der Waals surface area contributed by atoms with Gasteiger partial charge in [0.05, 0.1) is 49.2 Å². The monoisotopic (exact) mass is 2210 g/mol. The maximum atomic E-state index is 13.3. The fourth-order valence-corrected chi connectivity index (χ4v) is 21.6. The summed E-state index contributed by atoms with van der Waals surface area (Å²) in [7, 11) is 9.02. The van der Waals surface area contributed by atoms with Crippen molar-refractivity contribution in [1.29, 1.82) is 0 Å². The zero-order chi connectivity index (χ0) is 103. The van der Waals surface area contributed by atoms with Gasteiger partial charge in [-0.15, -0.1) is 37.3 Å². The number of tetrazole rings is 5. The van der Waals surface area contributed by atoms with Crippen molar-refractivity contribution < 1.29 is 13.2 Å². The van der Waals surface area contributed by atoms with Crippen molar-refractivity contribution in [2.75, 3.05) is 11.9 Å². The summed E-state index contributed by atoms with van der Waals surface area (Å²) in [6, 6.07) is 78.0. The van der Waals surface area contributed by atoms with Gasteiger partial charge in [-0.25, -0.2) is 66.5 Å². The molecule has 32 nitrogen and oxygen atoms in total. The lowest BCUT2D eigenvalue weighted by molar-refractivity contribution is 0.516. The van der Waals surface area contributed by atoms with Crippen LogP contribution in [0.3, 0.4) is 0 Å². The number of benzene rings is 11. The molecule has 1 aliphatic rings. The Morgan fingerprint density at radius 2 is 0.745 bits per heavy atom. The number of para-hydroxylation sites is 1. The van der Waals surface area contributed by atoms with Crippen molar-refractivity contribution in [2.45, 2.75) is 106 Å². The summed E-state index contributed by atoms with van der Waals surface area (Å²) in [5, 5.41) is 78.1. The SMILES string of the molecule is Cc1ccc(CCNc2ncnc3ccc(Cl)cc23)cc1.Cn1nnnc1Sc1ccnc2ccc(-c3cccc4ccccc34)cc12.Cn1nnnc1Sc1ccnc2ccc(Cl)cc12.Cn1nnnc1Sc1ccnc2ccc(F)cc12.Cn1nnnc1Sc1ccnc2ccccc12.Cn1nnnc1Sc1ncnc2ccc(Br)cc12.Fc1ccc2nccc(Cl)c2c1.Fc1ccc2ncnc(SC3CCCCC3)c2c1. The van der Waals surface area contributed by atoms with Crippen LogP contribution in [0.15, 0.2) is 359 Å². The van der Waals surface area contributed by atoms with E-state index in [2.05, 4.69) is 252 Å². The van der Waals surface area contributed by atoms with Gasteiger partial charge in [-0.3, -0.25) is 24.9 Å². The second-order valence-corrected chi connectivity index (χ2v) is 41.3. The number of thioether (sulfide) groups is 1. The molecule has 0 saturated heterocycles. The molecule has 45 heteroatoms. The third-order valence-electron chi connectivity index (χ3n) is 22.7. The van der Waals surface area contributed by atoms with Gasteiger partial charge in [0, 0.05) is 155 Å². The van der Waals surface area contributed by atoms with E-state index in [1.165, 1.54) is 143 Å². The smallest absolute Gasteiger partial charge is 0.215 e. The number of halogens is 7. The third kappa shape index (κ3) is 27.2. The van der Waals surface area contributed by atoms with Gasteiger partial charge >= 0.3 is 0 Å². The van der Waals surface area contributed by atoms with Gasteiger partial charge in [-0.2, -0.15) is 0 Å². The lowest BCUT2D eigenvalue weighted by Gasteiger charge is -2.20. The van der Waals surface area contributed by atoms with Crippen molar-refractivity contribution in [1.82, 2.24) is 156 Å². The Morgan fingerprint density at radius 1 is 0.342 bits per heavy atom.